The normalized spacial score (nSPS) is 11.4. The van der Waals surface area contributed by atoms with Gasteiger partial charge in [-0.1, -0.05) is 30.3 Å². The van der Waals surface area contributed by atoms with E-state index >= 15 is 0 Å². The molecule has 0 N–H and O–H groups in total. The highest BCUT2D eigenvalue weighted by atomic mass is 32.2. The van der Waals surface area contributed by atoms with Crippen molar-refractivity contribution in [1.82, 2.24) is 0 Å². The van der Waals surface area contributed by atoms with Gasteiger partial charge in [-0.15, -0.1) is 0 Å². The molecular formula is C19H25NO3S. The third-order valence-corrected chi connectivity index (χ3v) is 5.17. The molecule has 0 spiro atoms. The van der Waals surface area contributed by atoms with Gasteiger partial charge in [0, 0.05) is 18.8 Å². The van der Waals surface area contributed by atoms with E-state index in [1.54, 1.807) is 30.3 Å². The van der Waals surface area contributed by atoms with Crippen LogP contribution in [0.25, 0.3) is 0 Å². The second-order valence-electron chi connectivity index (χ2n) is 5.71. The number of unbranched alkanes of at least 4 members (excludes halogenated alkanes) is 1. The van der Waals surface area contributed by atoms with Gasteiger partial charge >= 0.3 is 0 Å². The lowest BCUT2D eigenvalue weighted by Gasteiger charge is -2.23. The van der Waals surface area contributed by atoms with Crippen molar-refractivity contribution in [3.8, 4) is 0 Å². The molecule has 0 amide bonds. The van der Waals surface area contributed by atoms with E-state index in [0.717, 1.165) is 19.5 Å². The lowest BCUT2D eigenvalue weighted by atomic mass is 10.2. The number of rotatable bonds is 9. The Morgan fingerprint density at radius 3 is 2.42 bits per heavy atom. The van der Waals surface area contributed by atoms with Crippen LogP contribution in [0.2, 0.25) is 0 Å². The average Bonchev–Trinajstić information content (AvgIpc) is 2.59. The standard InChI is InChI=1S/C19H25NO3S/c1-3-20(18-11-9-10-17(2)16-18)14-7-8-15-23-24(21,22)19-12-5-4-6-13-19/h4-6,9-13,16H,3,7-8,14-15H2,1-2H3. The summed E-state index contributed by atoms with van der Waals surface area (Å²) in [6.45, 7) is 6.22. The Morgan fingerprint density at radius 1 is 1.00 bits per heavy atom. The number of hydrogen-bond donors (Lipinski definition) is 0. The van der Waals surface area contributed by atoms with Crippen LogP contribution >= 0.6 is 0 Å². The van der Waals surface area contributed by atoms with Gasteiger partial charge in [0.25, 0.3) is 10.1 Å². The van der Waals surface area contributed by atoms with E-state index in [4.69, 9.17) is 4.18 Å². The molecular weight excluding hydrogens is 322 g/mol. The molecule has 0 aliphatic carbocycles. The van der Waals surface area contributed by atoms with Crippen LogP contribution in [-0.2, 0) is 14.3 Å². The van der Waals surface area contributed by atoms with Crippen molar-refractivity contribution in [2.75, 3.05) is 24.6 Å². The molecule has 0 aliphatic rings. The fourth-order valence-corrected chi connectivity index (χ4v) is 3.49. The number of nitrogens with zero attached hydrogens (tertiary/aromatic N) is 1. The quantitative estimate of drug-likeness (QED) is 0.508. The minimum absolute atomic E-state index is 0.208. The maximum atomic E-state index is 12.0. The third-order valence-electron chi connectivity index (χ3n) is 3.84. The van der Waals surface area contributed by atoms with Crippen LogP contribution in [0.5, 0.6) is 0 Å². The van der Waals surface area contributed by atoms with Crippen LogP contribution in [0.4, 0.5) is 5.69 Å². The monoisotopic (exact) mass is 347 g/mol. The van der Waals surface area contributed by atoms with Crippen LogP contribution in [-0.4, -0.2) is 28.1 Å². The van der Waals surface area contributed by atoms with Crippen LogP contribution in [0.1, 0.15) is 25.3 Å². The summed E-state index contributed by atoms with van der Waals surface area (Å²) >= 11 is 0. The summed E-state index contributed by atoms with van der Waals surface area (Å²) < 4.78 is 29.1. The Balaban J connectivity index is 1.78. The molecule has 0 unspecified atom stereocenters. The first-order chi connectivity index (χ1) is 11.5. The van der Waals surface area contributed by atoms with Crippen molar-refractivity contribution in [1.29, 1.82) is 0 Å². The molecule has 2 aromatic carbocycles. The number of anilines is 1. The average molecular weight is 347 g/mol. The summed E-state index contributed by atoms with van der Waals surface area (Å²) in [5, 5.41) is 0. The van der Waals surface area contributed by atoms with Gasteiger partial charge in [0.1, 0.15) is 0 Å². The summed E-state index contributed by atoms with van der Waals surface area (Å²) in [7, 11) is -3.64. The molecule has 0 atom stereocenters. The lowest BCUT2D eigenvalue weighted by molar-refractivity contribution is 0.309. The van der Waals surface area contributed by atoms with E-state index in [1.165, 1.54) is 11.3 Å². The fourth-order valence-electron chi connectivity index (χ4n) is 2.52. The van der Waals surface area contributed by atoms with Gasteiger partial charge in [-0.2, -0.15) is 8.42 Å². The van der Waals surface area contributed by atoms with E-state index in [9.17, 15) is 8.42 Å². The lowest BCUT2D eigenvalue weighted by Crippen LogP contribution is -2.24. The maximum absolute atomic E-state index is 12.0. The van der Waals surface area contributed by atoms with Crippen molar-refractivity contribution in [3.63, 3.8) is 0 Å². The molecule has 24 heavy (non-hydrogen) atoms. The van der Waals surface area contributed by atoms with E-state index in [0.29, 0.717) is 6.42 Å². The van der Waals surface area contributed by atoms with Crippen LogP contribution in [0.3, 0.4) is 0 Å². The largest absolute Gasteiger partial charge is 0.372 e. The summed E-state index contributed by atoms with van der Waals surface area (Å²) in [5.41, 5.74) is 2.44. The molecule has 0 heterocycles. The van der Waals surface area contributed by atoms with E-state index < -0.39 is 10.1 Å². The first-order valence-electron chi connectivity index (χ1n) is 8.29. The van der Waals surface area contributed by atoms with Gasteiger partial charge in [0.2, 0.25) is 0 Å². The van der Waals surface area contributed by atoms with Crippen molar-refractivity contribution >= 4 is 15.8 Å². The Hall–Kier alpha value is -1.85. The zero-order chi connectivity index (χ0) is 17.4. The molecule has 0 fully saturated rings. The van der Waals surface area contributed by atoms with Gasteiger partial charge in [-0.25, -0.2) is 0 Å². The van der Waals surface area contributed by atoms with Crippen LogP contribution in [0, 0.1) is 6.92 Å². The highest BCUT2D eigenvalue weighted by molar-refractivity contribution is 7.86. The van der Waals surface area contributed by atoms with Gasteiger partial charge in [-0.3, -0.25) is 4.18 Å². The molecule has 2 aromatic rings. The minimum atomic E-state index is -3.64. The third kappa shape index (κ3) is 5.35. The van der Waals surface area contributed by atoms with E-state index in [-0.39, 0.29) is 11.5 Å². The Bertz CT molecular complexity index is 729. The summed E-state index contributed by atoms with van der Waals surface area (Å²) in [4.78, 5) is 2.50. The van der Waals surface area contributed by atoms with Gasteiger partial charge in [0.15, 0.2) is 0 Å². The topological polar surface area (TPSA) is 46.6 Å². The molecule has 0 radical (unpaired) electrons. The second-order valence-corrected chi connectivity index (χ2v) is 7.33. The van der Waals surface area contributed by atoms with Crippen molar-refractivity contribution in [2.45, 2.75) is 31.6 Å². The first kappa shape index (κ1) is 18.5. The molecule has 0 aromatic heterocycles. The minimum Gasteiger partial charge on any atom is -0.372 e. The number of hydrogen-bond acceptors (Lipinski definition) is 4. The Morgan fingerprint density at radius 2 is 1.75 bits per heavy atom. The van der Waals surface area contributed by atoms with Crippen molar-refractivity contribution in [2.24, 2.45) is 0 Å². The zero-order valence-electron chi connectivity index (χ0n) is 14.3. The van der Waals surface area contributed by atoms with Gasteiger partial charge in [-0.05, 0) is 56.5 Å². The van der Waals surface area contributed by atoms with Gasteiger partial charge < -0.3 is 4.90 Å². The summed E-state index contributed by atoms with van der Waals surface area (Å²) in [6.07, 6.45) is 1.58. The van der Waals surface area contributed by atoms with Gasteiger partial charge in [0.05, 0.1) is 11.5 Å². The maximum Gasteiger partial charge on any atom is 0.296 e. The van der Waals surface area contributed by atoms with Crippen LogP contribution in [0.15, 0.2) is 59.5 Å². The fraction of sp³-hybridized carbons (Fsp3) is 0.368. The molecule has 0 saturated heterocycles. The second kappa shape index (κ2) is 8.85. The Kier molecular flexibility index (Phi) is 6.82. The van der Waals surface area contributed by atoms with E-state index in [1.807, 2.05) is 0 Å². The molecule has 0 aliphatic heterocycles. The molecule has 4 nitrogen and oxygen atoms in total. The Labute approximate surface area is 145 Å². The van der Waals surface area contributed by atoms with E-state index in [2.05, 4.69) is 43.0 Å². The summed E-state index contributed by atoms with van der Waals surface area (Å²) in [5.74, 6) is 0. The molecule has 0 bridgehead atoms. The molecule has 5 heteroatoms. The van der Waals surface area contributed by atoms with Crippen LogP contribution < -0.4 is 4.90 Å². The predicted molar refractivity (Wildman–Crippen MR) is 97.9 cm³/mol. The number of benzene rings is 2. The zero-order valence-corrected chi connectivity index (χ0v) is 15.1. The van der Waals surface area contributed by atoms with Crippen molar-refractivity contribution in [3.05, 3.63) is 60.2 Å². The molecule has 0 saturated carbocycles. The van der Waals surface area contributed by atoms with Crippen molar-refractivity contribution < 1.29 is 12.6 Å². The summed E-state index contributed by atoms with van der Waals surface area (Å²) in [6, 6.07) is 16.7. The highest BCUT2D eigenvalue weighted by Crippen LogP contribution is 2.17. The smallest absolute Gasteiger partial charge is 0.296 e. The highest BCUT2D eigenvalue weighted by Gasteiger charge is 2.14. The molecule has 2 rings (SSSR count). The molecule has 130 valence electrons. The predicted octanol–water partition coefficient (Wildman–Crippen LogP) is 4.01. The first-order valence-corrected chi connectivity index (χ1v) is 9.70. The number of aryl methyl sites for hydroxylation is 1. The SMILES string of the molecule is CCN(CCCCOS(=O)(=O)c1ccccc1)c1cccc(C)c1.